The van der Waals surface area contributed by atoms with Gasteiger partial charge in [0.25, 0.3) is 0 Å². The monoisotopic (exact) mass is 278 g/mol. The summed E-state index contributed by atoms with van der Waals surface area (Å²) in [6.07, 6.45) is 0. The van der Waals surface area contributed by atoms with E-state index in [-0.39, 0.29) is 5.41 Å². The van der Waals surface area contributed by atoms with Crippen molar-refractivity contribution < 1.29 is 0 Å². The molecule has 0 aliphatic rings. The molecule has 20 heavy (non-hydrogen) atoms. The van der Waals surface area contributed by atoms with Crippen molar-refractivity contribution in [2.75, 3.05) is 39.1 Å². The van der Waals surface area contributed by atoms with Gasteiger partial charge in [-0.1, -0.05) is 34.6 Å². The van der Waals surface area contributed by atoms with Crippen LogP contribution in [-0.2, 0) is 5.41 Å². The highest BCUT2D eigenvalue weighted by Gasteiger charge is 2.20. The van der Waals surface area contributed by atoms with Crippen molar-refractivity contribution >= 4 is 5.82 Å². The Hall–Kier alpha value is -1.16. The Bertz CT molecular complexity index is 433. The molecule has 1 aromatic rings. The van der Waals surface area contributed by atoms with Gasteiger partial charge in [0, 0.05) is 37.5 Å². The zero-order valence-corrected chi connectivity index (χ0v) is 14.4. The summed E-state index contributed by atoms with van der Waals surface area (Å²) in [4.78, 5) is 13.9. The molecule has 0 atom stereocenters. The van der Waals surface area contributed by atoms with Crippen molar-refractivity contribution in [2.45, 2.75) is 46.0 Å². The minimum atomic E-state index is 0.0454. The lowest BCUT2D eigenvalue weighted by molar-refractivity contribution is 0.416. The Labute approximate surface area is 124 Å². The van der Waals surface area contributed by atoms with Gasteiger partial charge in [0.15, 0.2) is 0 Å². The Morgan fingerprint density at radius 2 is 1.65 bits per heavy atom. The fourth-order valence-corrected chi connectivity index (χ4v) is 1.76. The molecule has 0 unspecified atom stereocenters. The molecule has 0 radical (unpaired) electrons. The van der Waals surface area contributed by atoms with E-state index in [9.17, 15) is 0 Å². The maximum Gasteiger partial charge on any atom is 0.133 e. The maximum atomic E-state index is 4.73. The topological polar surface area (TPSA) is 32.3 Å². The van der Waals surface area contributed by atoms with Crippen molar-refractivity contribution in [2.24, 2.45) is 0 Å². The second-order valence-corrected chi connectivity index (χ2v) is 7.10. The summed E-state index contributed by atoms with van der Waals surface area (Å²) in [7, 11) is 6.28. The third-order valence-corrected chi connectivity index (χ3v) is 3.29. The molecule has 1 aromatic heterocycles. The predicted octanol–water partition coefficient (Wildman–Crippen LogP) is 2.90. The SMILES string of the molecule is CC(C)c1nc(N(C)CCN(C)C)cc(C(C)(C)C)n1. The Balaban J connectivity index is 3.09. The molecule has 4 heteroatoms. The number of aromatic nitrogens is 2. The number of nitrogens with zero attached hydrogens (tertiary/aromatic N) is 4. The number of hydrogen-bond donors (Lipinski definition) is 0. The molecule has 0 aliphatic carbocycles. The Morgan fingerprint density at radius 1 is 1.05 bits per heavy atom. The summed E-state index contributed by atoms with van der Waals surface area (Å²) in [5, 5.41) is 0. The summed E-state index contributed by atoms with van der Waals surface area (Å²) < 4.78 is 0. The van der Waals surface area contributed by atoms with Crippen molar-refractivity contribution in [1.82, 2.24) is 14.9 Å². The molecule has 0 N–H and O–H groups in total. The molecule has 0 fully saturated rings. The van der Waals surface area contributed by atoms with Gasteiger partial charge in [0.05, 0.1) is 5.69 Å². The molecule has 0 amide bonds. The standard InChI is InChI=1S/C16H30N4/c1-12(2)15-17-13(16(3,4)5)11-14(18-15)20(8)10-9-19(6)7/h11-12H,9-10H2,1-8H3. The first-order valence-electron chi connectivity index (χ1n) is 7.36. The molecule has 0 saturated heterocycles. The summed E-state index contributed by atoms with van der Waals surface area (Å²) in [5.74, 6) is 2.30. The second kappa shape index (κ2) is 6.53. The van der Waals surface area contributed by atoms with Gasteiger partial charge in [-0.3, -0.25) is 0 Å². The van der Waals surface area contributed by atoms with Gasteiger partial charge in [0.2, 0.25) is 0 Å². The predicted molar refractivity (Wildman–Crippen MR) is 86.6 cm³/mol. The molecule has 0 spiro atoms. The van der Waals surface area contributed by atoms with Gasteiger partial charge in [0.1, 0.15) is 11.6 Å². The Morgan fingerprint density at radius 3 is 2.10 bits per heavy atom. The van der Waals surface area contributed by atoms with E-state index < -0.39 is 0 Å². The van der Waals surface area contributed by atoms with Gasteiger partial charge in [-0.05, 0) is 14.1 Å². The highest BCUT2D eigenvalue weighted by Crippen LogP contribution is 2.25. The van der Waals surface area contributed by atoms with E-state index in [4.69, 9.17) is 9.97 Å². The van der Waals surface area contributed by atoms with Crippen LogP contribution >= 0.6 is 0 Å². The van der Waals surface area contributed by atoms with Crippen LogP contribution in [0.2, 0.25) is 0 Å². The van der Waals surface area contributed by atoms with Crippen molar-refractivity contribution in [1.29, 1.82) is 0 Å². The third-order valence-electron chi connectivity index (χ3n) is 3.29. The van der Waals surface area contributed by atoms with Crippen molar-refractivity contribution in [3.8, 4) is 0 Å². The molecule has 0 aromatic carbocycles. The largest absolute Gasteiger partial charge is 0.358 e. The van der Waals surface area contributed by atoms with Crippen LogP contribution in [0, 0.1) is 0 Å². The van der Waals surface area contributed by atoms with Gasteiger partial charge < -0.3 is 9.80 Å². The van der Waals surface area contributed by atoms with Crippen LogP contribution in [0.25, 0.3) is 0 Å². The normalized spacial score (nSPS) is 12.3. The lowest BCUT2D eigenvalue weighted by atomic mass is 9.91. The van der Waals surface area contributed by atoms with E-state index in [0.29, 0.717) is 5.92 Å². The summed E-state index contributed by atoms with van der Waals surface area (Å²) in [5.41, 5.74) is 1.16. The fraction of sp³-hybridized carbons (Fsp3) is 0.750. The fourth-order valence-electron chi connectivity index (χ4n) is 1.76. The molecular formula is C16H30N4. The van der Waals surface area contributed by atoms with E-state index in [1.807, 2.05) is 0 Å². The highest BCUT2D eigenvalue weighted by molar-refractivity contribution is 5.41. The molecular weight excluding hydrogens is 248 g/mol. The lowest BCUT2D eigenvalue weighted by Crippen LogP contribution is -2.30. The van der Waals surface area contributed by atoms with Gasteiger partial charge in [-0.15, -0.1) is 0 Å². The number of likely N-dealkylation sites (N-methyl/N-ethyl adjacent to an activating group) is 2. The zero-order chi connectivity index (χ0) is 15.5. The van der Waals surface area contributed by atoms with Crippen LogP contribution in [0.1, 0.15) is 52.1 Å². The molecule has 114 valence electrons. The molecule has 0 bridgehead atoms. The smallest absolute Gasteiger partial charge is 0.133 e. The Kier molecular flexibility index (Phi) is 5.51. The first-order chi connectivity index (χ1) is 9.11. The molecule has 4 nitrogen and oxygen atoms in total. The first-order valence-corrected chi connectivity index (χ1v) is 7.36. The van der Waals surface area contributed by atoms with Gasteiger partial charge >= 0.3 is 0 Å². The summed E-state index contributed by atoms with van der Waals surface area (Å²) in [6, 6.07) is 2.13. The average Bonchev–Trinajstić information content (AvgIpc) is 2.34. The summed E-state index contributed by atoms with van der Waals surface area (Å²) >= 11 is 0. The van der Waals surface area contributed by atoms with Crippen LogP contribution in [0.5, 0.6) is 0 Å². The van der Waals surface area contributed by atoms with E-state index in [2.05, 4.69) is 71.6 Å². The first kappa shape index (κ1) is 16.9. The summed E-state index contributed by atoms with van der Waals surface area (Å²) in [6.45, 7) is 12.9. The molecule has 1 heterocycles. The average molecular weight is 278 g/mol. The molecule has 1 rings (SSSR count). The highest BCUT2D eigenvalue weighted by atomic mass is 15.2. The second-order valence-electron chi connectivity index (χ2n) is 7.10. The number of anilines is 1. The van der Waals surface area contributed by atoms with E-state index >= 15 is 0 Å². The van der Waals surface area contributed by atoms with Gasteiger partial charge in [-0.25, -0.2) is 9.97 Å². The van der Waals surface area contributed by atoms with Crippen LogP contribution in [0.15, 0.2) is 6.07 Å². The molecule has 0 aliphatic heterocycles. The van der Waals surface area contributed by atoms with Crippen LogP contribution in [0.4, 0.5) is 5.82 Å². The number of rotatable bonds is 5. The van der Waals surface area contributed by atoms with E-state index in [0.717, 1.165) is 30.4 Å². The van der Waals surface area contributed by atoms with E-state index in [1.54, 1.807) is 0 Å². The third kappa shape index (κ3) is 4.75. The van der Waals surface area contributed by atoms with Crippen LogP contribution in [0.3, 0.4) is 0 Å². The van der Waals surface area contributed by atoms with Crippen LogP contribution < -0.4 is 4.90 Å². The van der Waals surface area contributed by atoms with Gasteiger partial charge in [-0.2, -0.15) is 0 Å². The number of hydrogen-bond acceptors (Lipinski definition) is 4. The minimum absolute atomic E-state index is 0.0454. The maximum absolute atomic E-state index is 4.73. The van der Waals surface area contributed by atoms with Crippen molar-refractivity contribution in [3.05, 3.63) is 17.6 Å². The minimum Gasteiger partial charge on any atom is -0.358 e. The molecule has 0 saturated carbocycles. The van der Waals surface area contributed by atoms with Crippen molar-refractivity contribution in [3.63, 3.8) is 0 Å². The van der Waals surface area contributed by atoms with Crippen LogP contribution in [-0.4, -0.2) is 49.1 Å². The lowest BCUT2D eigenvalue weighted by Gasteiger charge is -2.25. The quantitative estimate of drug-likeness (QED) is 0.829. The zero-order valence-electron chi connectivity index (χ0n) is 14.4. The van der Waals surface area contributed by atoms with E-state index in [1.165, 1.54) is 0 Å².